The van der Waals surface area contributed by atoms with Crippen LogP contribution in [0, 0.1) is 5.21 Å². The number of para-hydroxylation sites is 1. The molecule has 0 radical (unpaired) electrons. The van der Waals surface area contributed by atoms with Gasteiger partial charge in [-0.05, 0) is 12.1 Å². The van der Waals surface area contributed by atoms with Gasteiger partial charge in [-0.25, -0.2) is 9.59 Å². The molecule has 2 rings (SSSR count). The minimum Gasteiger partial charge on any atom is -0.618 e. The van der Waals surface area contributed by atoms with Crippen LogP contribution < -0.4 is 4.73 Å². The molecule has 0 unspecified atom stereocenters. The first-order valence-corrected chi connectivity index (χ1v) is 4.64. The summed E-state index contributed by atoms with van der Waals surface area (Å²) in [5.74, 6) is -3.01. The Hall–Kier alpha value is -2.63. The maximum absolute atomic E-state index is 11.8. The lowest BCUT2D eigenvalue weighted by Crippen LogP contribution is -2.38. The van der Waals surface area contributed by atoms with E-state index in [2.05, 4.69) is 0 Å². The lowest BCUT2D eigenvalue weighted by molar-refractivity contribution is -0.580. The average Bonchev–Trinajstić information content (AvgIpc) is 2.28. The second-order valence-corrected chi connectivity index (χ2v) is 3.37. The maximum Gasteiger partial charge on any atom is 0.403 e. The van der Waals surface area contributed by atoms with Crippen molar-refractivity contribution in [1.29, 1.82) is 0 Å². The monoisotopic (exact) mass is 233 g/mol. The van der Waals surface area contributed by atoms with Gasteiger partial charge >= 0.3 is 17.6 Å². The minimum absolute atomic E-state index is 0.120. The van der Waals surface area contributed by atoms with E-state index >= 15 is 0 Å². The van der Waals surface area contributed by atoms with E-state index in [1.54, 1.807) is 18.2 Å². The van der Waals surface area contributed by atoms with Gasteiger partial charge in [-0.2, -0.15) is 4.73 Å². The zero-order chi connectivity index (χ0) is 12.6. The Morgan fingerprint density at radius 1 is 1.12 bits per heavy atom. The van der Waals surface area contributed by atoms with E-state index in [0.29, 0.717) is 5.39 Å². The van der Waals surface area contributed by atoms with Crippen LogP contribution >= 0.6 is 0 Å². The summed E-state index contributed by atoms with van der Waals surface area (Å²) in [6, 6.07) is 7.36. The fraction of sp³-hybridized carbons (Fsp3) is 0. The molecular formula is C11H7NO5. The summed E-state index contributed by atoms with van der Waals surface area (Å²) in [5, 5.41) is 29.9. The third-order valence-corrected chi connectivity index (χ3v) is 2.35. The van der Waals surface area contributed by atoms with Crippen LogP contribution in [0.25, 0.3) is 10.9 Å². The number of fused-ring (bicyclic) bond motifs is 1. The van der Waals surface area contributed by atoms with Crippen LogP contribution in [0.5, 0.6) is 0 Å². The molecule has 0 aliphatic rings. The van der Waals surface area contributed by atoms with Gasteiger partial charge < -0.3 is 15.4 Å². The van der Waals surface area contributed by atoms with Gasteiger partial charge in [0.25, 0.3) is 0 Å². The molecule has 2 N–H and O–H groups in total. The first-order valence-electron chi connectivity index (χ1n) is 4.64. The van der Waals surface area contributed by atoms with E-state index in [9.17, 15) is 14.8 Å². The summed E-state index contributed by atoms with van der Waals surface area (Å²) in [5.41, 5.74) is -1.18. The Bertz CT molecular complexity index is 635. The highest BCUT2D eigenvalue weighted by Gasteiger charge is 2.27. The van der Waals surface area contributed by atoms with E-state index in [1.807, 2.05) is 0 Å². The Morgan fingerprint density at radius 3 is 2.35 bits per heavy atom. The predicted molar refractivity (Wildman–Crippen MR) is 56.8 cm³/mol. The third kappa shape index (κ3) is 1.65. The molecule has 0 spiro atoms. The minimum atomic E-state index is -1.57. The van der Waals surface area contributed by atoms with E-state index < -0.39 is 23.2 Å². The topological polar surface area (TPSA) is 102 Å². The fourth-order valence-corrected chi connectivity index (χ4v) is 1.61. The Kier molecular flexibility index (Phi) is 2.40. The number of hydrogen-bond donors (Lipinski definition) is 2. The van der Waals surface area contributed by atoms with Gasteiger partial charge in [0, 0.05) is 11.5 Å². The quantitative estimate of drug-likeness (QED) is 0.591. The molecule has 0 amide bonds. The van der Waals surface area contributed by atoms with Crippen LogP contribution in [-0.4, -0.2) is 22.2 Å². The molecule has 0 fully saturated rings. The molecule has 6 heteroatoms. The second kappa shape index (κ2) is 3.75. The number of carboxylic acid groups (broad SMARTS) is 2. The number of nitrogens with zero attached hydrogens (tertiary/aromatic N) is 1. The van der Waals surface area contributed by atoms with Crippen molar-refractivity contribution >= 4 is 22.8 Å². The first-order chi connectivity index (χ1) is 8.02. The predicted octanol–water partition coefficient (Wildman–Crippen LogP) is 0.870. The summed E-state index contributed by atoms with van der Waals surface area (Å²) in [7, 11) is 0. The molecule has 0 saturated heterocycles. The number of rotatable bonds is 2. The van der Waals surface area contributed by atoms with E-state index in [4.69, 9.17) is 10.2 Å². The van der Waals surface area contributed by atoms with Crippen molar-refractivity contribution in [1.82, 2.24) is 0 Å². The number of pyridine rings is 1. The van der Waals surface area contributed by atoms with Gasteiger partial charge in [-0.1, -0.05) is 12.1 Å². The fourth-order valence-electron chi connectivity index (χ4n) is 1.61. The van der Waals surface area contributed by atoms with Crippen molar-refractivity contribution < 1.29 is 24.5 Å². The van der Waals surface area contributed by atoms with Crippen molar-refractivity contribution in [3.05, 3.63) is 46.8 Å². The summed E-state index contributed by atoms with van der Waals surface area (Å²) in [4.78, 5) is 21.8. The van der Waals surface area contributed by atoms with Gasteiger partial charge in [0.1, 0.15) is 5.56 Å². The first kappa shape index (κ1) is 10.9. The lowest BCUT2D eigenvalue weighted by Gasteiger charge is -2.07. The number of carboxylic acids is 2. The molecule has 0 bridgehead atoms. The SMILES string of the molecule is O=C(O)c1cc2ccccc2[n+]([O-])c1C(=O)O. The normalized spacial score (nSPS) is 10.4. The molecule has 1 heterocycles. The third-order valence-electron chi connectivity index (χ3n) is 2.35. The molecule has 17 heavy (non-hydrogen) atoms. The van der Waals surface area contributed by atoms with Gasteiger partial charge in [-0.3, -0.25) is 0 Å². The van der Waals surface area contributed by atoms with Gasteiger partial charge in [0.2, 0.25) is 5.52 Å². The molecule has 0 aliphatic heterocycles. The molecule has 0 atom stereocenters. The Balaban J connectivity index is 2.94. The molecule has 0 aliphatic carbocycles. The standard InChI is InChI=1S/C11H7NO5/c13-10(14)7-5-6-3-1-2-4-8(6)12(17)9(7)11(15)16/h1-5H,(H,13,14)(H,15,16). The molecule has 6 nitrogen and oxygen atoms in total. The Labute approximate surface area is 94.9 Å². The second-order valence-electron chi connectivity index (χ2n) is 3.37. The summed E-state index contributed by atoms with van der Waals surface area (Å²) in [6.45, 7) is 0. The highest BCUT2D eigenvalue weighted by atomic mass is 16.5. The lowest BCUT2D eigenvalue weighted by atomic mass is 10.1. The van der Waals surface area contributed by atoms with E-state index in [-0.39, 0.29) is 10.2 Å². The number of benzene rings is 1. The molecule has 0 saturated carbocycles. The van der Waals surface area contributed by atoms with Crippen molar-refractivity contribution in [2.75, 3.05) is 0 Å². The van der Waals surface area contributed by atoms with E-state index in [0.717, 1.165) is 0 Å². The van der Waals surface area contributed by atoms with Gasteiger partial charge in [-0.15, -0.1) is 0 Å². The van der Waals surface area contributed by atoms with Crippen molar-refractivity contribution in [3.63, 3.8) is 0 Å². The van der Waals surface area contributed by atoms with Crippen LogP contribution in [0.4, 0.5) is 0 Å². The van der Waals surface area contributed by atoms with Crippen LogP contribution in [0.15, 0.2) is 30.3 Å². The molecule has 2 aromatic rings. The number of hydrogen-bond acceptors (Lipinski definition) is 3. The summed E-state index contributed by atoms with van der Waals surface area (Å²) in [6.07, 6.45) is 0. The van der Waals surface area contributed by atoms with Crippen molar-refractivity contribution in [2.45, 2.75) is 0 Å². The summed E-state index contributed by atoms with van der Waals surface area (Å²) < 4.78 is 0.126. The van der Waals surface area contributed by atoms with Gasteiger partial charge in [0.15, 0.2) is 0 Å². The highest BCUT2D eigenvalue weighted by Crippen LogP contribution is 2.15. The molecule has 1 aromatic carbocycles. The van der Waals surface area contributed by atoms with Crippen LogP contribution in [-0.2, 0) is 0 Å². The average molecular weight is 233 g/mol. The summed E-state index contributed by atoms with van der Waals surface area (Å²) >= 11 is 0. The largest absolute Gasteiger partial charge is 0.618 e. The Morgan fingerprint density at radius 2 is 1.76 bits per heavy atom. The van der Waals surface area contributed by atoms with Crippen LogP contribution in [0.2, 0.25) is 0 Å². The highest BCUT2D eigenvalue weighted by molar-refractivity contribution is 6.01. The number of carbonyl (C=O) groups is 2. The maximum atomic E-state index is 11.8. The van der Waals surface area contributed by atoms with Crippen LogP contribution in [0.1, 0.15) is 20.8 Å². The smallest absolute Gasteiger partial charge is 0.403 e. The molecular weight excluding hydrogens is 226 g/mol. The molecule has 86 valence electrons. The zero-order valence-electron chi connectivity index (χ0n) is 8.45. The van der Waals surface area contributed by atoms with Crippen molar-refractivity contribution in [3.8, 4) is 0 Å². The van der Waals surface area contributed by atoms with E-state index in [1.165, 1.54) is 12.1 Å². The van der Waals surface area contributed by atoms with Gasteiger partial charge in [0.05, 0.1) is 0 Å². The zero-order valence-corrected chi connectivity index (χ0v) is 8.45. The number of aromatic nitrogens is 1. The number of aromatic carboxylic acids is 2. The molecule has 1 aromatic heterocycles. The van der Waals surface area contributed by atoms with Crippen molar-refractivity contribution in [2.24, 2.45) is 0 Å². The van der Waals surface area contributed by atoms with Crippen LogP contribution in [0.3, 0.4) is 0 Å².